The van der Waals surface area contributed by atoms with Gasteiger partial charge in [-0.05, 0) is 0 Å². The Hall–Kier alpha value is -3.78. The molecule has 0 aromatic rings. The zero-order valence-corrected chi connectivity index (χ0v) is 59.2. The minimum atomic E-state index is -5.47. The van der Waals surface area contributed by atoms with Gasteiger partial charge < -0.3 is 194 Å². The first-order chi connectivity index (χ1) is 51.1. The van der Waals surface area contributed by atoms with Crippen LogP contribution < -0.4 is 21.3 Å². The van der Waals surface area contributed by atoms with E-state index in [4.69, 9.17) is 71.1 Å². The molecular weight excluding hydrogens is 1540 g/mol. The topological polar surface area (TPSA) is 787 Å². The van der Waals surface area contributed by atoms with Crippen LogP contribution >= 0.6 is 0 Å². The largest absolute Gasteiger partial charge is 0.397 e. The summed E-state index contributed by atoms with van der Waals surface area (Å²) in [6.07, 6.45) is -78.9. The number of amides is 4. The van der Waals surface area contributed by atoms with Gasteiger partial charge in [0.25, 0.3) is 0 Å². The number of nitrogens with one attached hydrogen (secondary N) is 4. The molecule has 0 radical (unpaired) electrons. The Balaban J connectivity index is 1.16. The first-order valence-corrected chi connectivity index (χ1v) is 36.2. The lowest BCUT2D eigenvalue weighted by Crippen LogP contribution is -2.70. The van der Waals surface area contributed by atoms with E-state index in [2.05, 4.69) is 29.6 Å². The Bertz CT molecular complexity index is 3180. The third-order valence-corrected chi connectivity index (χ3v) is 19.5. The van der Waals surface area contributed by atoms with Crippen LogP contribution in [0.4, 0.5) is 0 Å². The predicted molar refractivity (Wildman–Crippen MR) is 332 cm³/mol. The fraction of sp³-hybridized carbons (Fsp3) is 0.929. The number of aliphatic hydroxyl groups excluding tert-OH is 20. The van der Waals surface area contributed by atoms with E-state index in [1.54, 1.807) is 0 Å². The quantitative estimate of drug-likeness (QED) is 0.0297. The molecular formula is C56H94N4O47S2. The van der Waals surface area contributed by atoms with Gasteiger partial charge in [0.2, 0.25) is 23.6 Å². The van der Waals surface area contributed by atoms with Gasteiger partial charge in [-0.25, -0.2) is 8.37 Å². The highest BCUT2D eigenvalue weighted by molar-refractivity contribution is 7.81. The van der Waals surface area contributed by atoms with Crippen LogP contribution in [0.5, 0.6) is 0 Å². The van der Waals surface area contributed by atoms with Gasteiger partial charge in [0.15, 0.2) is 50.3 Å². The van der Waals surface area contributed by atoms with Crippen molar-refractivity contribution >= 4 is 44.4 Å². The second kappa shape index (κ2) is 38.8. The summed E-state index contributed by atoms with van der Waals surface area (Å²) >= 11 is 0. The van der Waals surface area contributed by atoms with Gasteiger partial charge in [0, 0.05) is 27.7 Å². The van der Waals surface area contributed by atoms with Crippen LogP contribution in [0.15, 0.2) is 0 Å². The van der Waals surface area contributed by atoms with Crippen molar-refractivity contribution in [2.45, 2.75) is 273 Å². The highest BCUT2D eigenvalue weighted by atomic mass is 32.3. The van der Waals surface area contributed by atoms with Crippen LogP contribution in [-0.2, 0) is 119 Å². The molecule has 0 aromatic carbocycles. The van der Waals surface area contributed by atoms with E-state index < -0.39 is 343 Å². The lowest BCUT2D eigenvalue weighted by molar-refractivity contribution is -0.396. The number of carbonyl (C=O) groups is 4. The highest BCUT2D eigenvalue weighted by Gasteiger charge is 2.60. The lowest BCUT2D eigenvalue weighted by Gasteiger charge is -2.51. The summed E-state index contributed by atoms with van der Waals surface area (Å²) < 4.78 is 163. The van der Waals surface area contributed by atoms with Gasteiger partial charge in [0.1, 0.15) is 195 Å². The van der Waals surface area contributed by atoms with Crippen molar-refractivity contribution < 1.29 is 227 Å². The maximum atomic E-state index is 12.9. The second-order valence-electron chi connectivity index (χ2n) is 26.4. The molecule has 8 aliphatic rings. The van der Waals surface area contributed by atoms with Crippen molar-refractivity contribution in [3.8, 4) is 0 Å². The molecule has 8 saturated heterocycles. The third-order valence-electron chi connectivity index (χ3n) is 18.7. The predicted octanol–water partition coefficient (Wildman–Crippen LogP) is -18.2. The van der Waals surface area contributed by atoms with Crippen LogP contribution in [0, 0.1) is 0 Å². The number of carbonyl (C=O) groups excluding carboxylic acids is 4. The van der Waals surface area contributed by atoms with E-state index in [1.807, 2.05) is 0 Å². The van der Waals surface area contributed by atoms with Crippen molar-refractivity contribution in [3.63, 3.8) is 0 Å². The molecule has 0 saturated carbocycles. The Morgan fingerprint density at radius 2 is 0.587 bits per heavy atom. The summed E-state index contributed by atoms with van der Waals surface area (Å²) in [6.45, 7) is -5.95. The molecule has 8 aliphatic heterocycles. The number of hydrogen-bond donors (Lipinski definition) is 26. The summed E-state index contributed by atoms with van der Waals surface area (Å²) in [5.41, 5.74) is 0. The Kier molecular flexibility index (Phi) is 32.3. The fourth-order valence-electron chi connectivity index (χ4n) is 13.2. The van der Waals surface area contributed by atoms with Crippen LogP contribution in [0.1, 0.15) is 27.7 Å². The number of aliphatic hydroxyl groups is 20. The molecule has 8 rings (SSSR count). The minimum Gasteiger partial charge on any atom is -0.394 e. The Morgan fingerprint density at radius 3 is 1.05 bits per heavy atom. The molecule has 26 N–H and O–H groups in total. The van der Waals surface area contributed by atoms with E-state index in [-0.39, 0.29) is 0 Å². The summed E-state index contributed by atoms with van der Waals surface area (Å²) in [6, 6.07) is -7.65. The molecule has 109 heavy (non-hydrogen) atoms. The SMILES string of the molecule is CC(=O)N[C@@H]1[C@H](O[C@H]2[C@H](O)[C@@H](NC(C)=O)[C@H](O)O[C@@H]2CO)O[C@H](CO)[C@@H](O[C@@H]2O[C@H](CO[C@H]3O[C@H](CO)[C@@H](O)[C@H](O)[C@@H]3O[C@@H]3O[C@H](COS(=O)(=O)O)[C@@H](O[C@@H]4O[C@H](CO)[C@H](O)[C@H](O)[C@H]4O)[C@H](O)[C@H]3NC(C)=O)[C@@H](O)[C@H](O[C@H]3O[C@H](CO)[C@@H](O)[C@H](O)[C@@H]3O[C@@H]3O[C@H](COS(=O)(=O)O)[C@@H](O)[C@H](O)[C@H]3NC(C)=O)[C@@H]2O)[C@@H]1O. The molecule has 51 nitrogen and oxygen atoms in total. The molecule has 632 valence electrons. The summed E-state index contributed by atoms with van der Waals surface area (Å²) in [5, 5.41) is 233. The van der Waals surface area contributed by atoms with Crippen LogP contribution in [-0.4, -0.2) is 450 Å². The average Bonchev–Trinajstić information content (AvgIpc) is 0.761. The molecule has 0 unspecified atom stereocenters. The number of rotatable bonds is 30. The third kappa shape index (κ3) is 21.9. The smallest absolute Gasteiger partial charge is 0.394 e. The maximum Gasteiger partial charge on any atom is 0.397 e. The van der Waals surface area contributed by atoms with Gasteiger partial charge in [-0.3, -0.25) is 28.3 Å². The van der Waals surface area contributed by atoms with Crippen LogP contribution in [0.25, 0.3) is 0 Å². The number of ether oxygens (including phenoxy) is 15. The van der Waals surface area contributed by atoms with E-state index >= 15 is 0 Å². The van der Waals surface area contributed by atoms with Crippen molar-refractivity contribution in [2.24, 2.45) is 0 Å². The zero-order valence-electron chi connectivity index (χ0n) is 57.6. The number of hydrogen-bond acceptors (Lipinski definition) is 45. The normalized spacial score (nSPS) is 46.0. The second-order valence-corrected chi connectivity index (χ2v) is 28.6. The maximum absolute atomic E-state index is 12.9. The fourth-order valence-corrected chi connectivity index (χ4v) is 13.9. The molecule has 8 heterocycles. The Labute approximate surface area is 616 Å². The molecule has 53 heteroatoms. The van der Waals surface area contributed by atoms with Gasteiger partial charge >= 0.3 is 20.8 Å². The molecule has 0 aliphatic carbocycles. The zero-order chi connectivity index (χ0) is 80.9. The molecule has 0 spiro atoms. The lowest BCUT2D eigenvalue weighted by atomic mass is 9.93. The van der Waals surface area contributed by atoms with Gasteiger partial charge in [-0.2, -0.15) is 16.8 Å². The molecule has 40 atom stereocenters. The van der Waals surface area contributed by atoms with Crippen molar-refractivity contribution in [2.75, 3.05) is 52.9 Å². The van der Waals surface area contributed by atoms with E-state index in [0.29, 0.717) is 0 Å². The van der Waals surface area contributed by atoms with Gasteiger partial charge in [-0.1, -0.05) is 0 Å². The molecule has 8 fully saturated rings. The standard InChI is InChI=1S/C56H94N4O47S2/c1-13(66)57-25-35(76)43(20(8-64)94-49(25)84)102-51-27(59-15(3)68)36(77)44(21(9-65)98-51)103-54-42(83)46(105-56-48(40(81)31(72)19(7-63)97-56)107-50-26(58-14(2)67)34(75)32(73)23(99-50)11-92-108(85,86)87)33(74)22(100-54)10-91-55-47(39(80)30(71)18(6-62)96-55)106-52-28(60-16(4)69)37(78)45(24(101-52)12-93-109(88,89)90)104-53-41(82)38(79)29(70)17(5-61)95-53/h17-56,61-65,70-84H,5-12H2,1-4H3,(H,57,66)(H,58,67)(H,59,68)(H,60,69)(H,85,86,87)(H,88,89,90)/t17-,18-,19-,20-,21-,22-,23-,24-,25-,26-,27+,28-,29+,30-,31-,32-,33-,34-,35-,36-,37-,38+,39+,40+,41-,42+,43-,44-,45-,46+,47+,48+,49-,50+,51+,52+,53+,54+,55+,56-/m1/s1. The highest BCUT2D eigenvalue weighted by Crippen LogP contribution is 2.39. The van der Waals surface area contributed by atoms with Crippen LogP contribution in [0.2, 0.25) is 0 Å². The summed E-state index contributed by atoms with van der Waals surface area (Å²) in [5.74, 6) is -3.78. The van der Waals surface area contributed by atoms with Crippen LogP contribution in [0.3, 0.4) is 0 Å². The Morgan fingerprint density at radius 1 is 0.284 bits per heavy atom. The first kappa shape index (κ1) is 90.8. The van der Waals surface area contributed by atoms with Gasteiger partial charge in [0.05, 0.1) is 52.9 Å². The van der Waals surface area contributed by atoms with E-state index in [0.717, 1.165) is 27.7 Å². The average molecular weight is 1640 g/mol. The summed E-state index contributed by atoms with van der Waals surface area (Å²) in [7, 11) is -10.8. The van der Waals surface area contributed by atoms with Gasteiger partial charge in [-0.15, -0.1) is 0 Å². The molecule has 4 amide bonds. The minimum absolute atomic E-state index is 0.804. The van der Waals surface area contributed by atoms with E-state index in [1.165, 1.54) is 0 Å². The van der Waals surface area contributed by atoms with E-state index in [9.17, 15) is 147 Å². The van der Waals surface area contributed by atoms with Crippen molar-refractivity contribution in [3.05, 3.63) is 0 Å². The van der Waals surface area contributed by atoms with Crippen molar-refractivity contribution in [1.82, 2.24) is 21.3 Å². The molecule has 0 aromatic heterocycles. The monoisotopic (exact) mass is 1640 g/mol. The summed E-state index contributed by atoms with van der Waals surface area (Å²) in [4.78, 5) is 50.5. The first-order valence-electron chi connectivity index (χ1n) is 33.4. The van der Waals surface area contributed by atoms with Crippen molar-refractivity contribution in [1.29, 1.82) is 0 Å². The molecule has 0 bridgehead atoms.